The molecule has 0 radical (unpaired) electrons. The molecule has 0 bridgehead atoms. The summed E-state index contributed by atoms with van der Waals surface area (Å²) >= 11 is 0. The number of hydrogen-bond acceptors (Lipinski definition) is 3. The van der Waals surface area contributed by atoms with E-state index in [2.05, 4.69) is 55.8 Å². The molecule has 0 saturated carbocycles. The summed E-state index contributed by atoms with van der Waals surface area (Å²) in [5.41, 5.74) is 2.17. The lowest BCUT2D eigenvalue weighted by atomic mass is 9.62. The molecule has 0 aliphatic carbocycles. The molecule has 1 aliphatic rings. The molecule has 1 atom stereocenters. The van der Waals surface area contributed by atoms with E-state index in [1.54, 1.807) is 12.4 Å². The van der Waals surface area contributed by atoms with Gasteiger partial charge in [-0.1, -0.05) is 51.0 Å². The van der Waals surface area contributed by atoms with Crippen LogP contribution < -0.4 is 0 Å². The Balaban J connectivity index is 2.14. The van der Waals surface area contributed by atoms with Crippen LogP contribution in [0.25, 0.3) is 0 Å². The summed E-state index contributed by atoms with van der Waals surface area (Å²) in [5, 5.41) is 12.0. The van der Waals surface area contributed by atoms with E-state index >= 15 is 0 Å². The number of nitrogens with zero attached hydrogens (tertiary/aromatic N) is 2. The third-order valence-electron chi connectivity index (χ3n) is 5.43. The second kappa shape index (κ2) is 6.29. The minimum absolute atomic E-state index is 0.296. The van der Waals surface area contributed by atoms with Gasteiger partial charge in [-0.05, 0) is 30.2 Å². The number of terminal acetylenes is 1. The lowest BCUT2D eigenvalue weighted by Gasteiger charge is -2.55. The molecule has 1 fully saturated rings. The molecule has 1 aromatic carbocycles. The van der Waals surface area contributed by atoms with E-state index in [0.29, 0.717) is 11.5 Å². The van der Waals surface area contributed by atoms with E-state index in [9.17, 15) is 5.11 Å². The van der Waals surface area contributed by atoms with Crippen molar-refractivity contribution in [1.29, 1.82) is 0 Å². The lowest BCUT2D eigenvalue weighted by Crippen LogP contribution is -2.63. The normalized spacial score (nSPS) is 19.1. The van der Waals surface area contributed by atoms with Gasteiger partial charge in [0.15, 0.2) is 0 Å². The van der Waals surface area contributed by atoms with Gasteiger partial charge in [-0.25, -0.2) is 0 Å². The van der Waals surface area contributed by atoms with Crippen molar-refractivity contribution in [1.82, 2.24) is 9.88 Å². The Kier molecular flexibility index (Phi) is 4.45. The molecule has 0 spiro atoms. The van der Waals surface area contributed by atoms with Gasteiger partial charge in [0.05, 0.1) is 0 Å². The summed E-state index contributed by atoms with van der Waals surface area (Å²) in [6.45, 7) is 8.10. The Morgan fingerprint density at radius 2 is 1.84 bits per heavy atom. The van der Waals surface area contributed by atoms with Crippen molar-refractivity contribution in [3.63, 3.8) is 0 Å². The molecule has 1 aromatic heterocycles. The highest BCUT2D eigenvalue weighted by Crippen LogP contribution is 2.50. The average Bonchev–Trinajstić information content (AvgIpc) is 2.59. The van der Waals surface area contributed by atoms with Crippen LogP contribution in [0.5, 0.6) is 0 Å². The zero-order valence-corrected chi connectivity index (χ0v) is 15.5. The third kappa shape index (κ3) is 2.86. The highest BCUT2D eigenvalue weighted by Gasteiger charge is 2.55. The van der Waals surface area contributed by atoms with Gasteiger partial charge in [0, 0.05) is 42.0 Å². The standard InChI is InChI=1S/C22H26N2O/c1-6-17-11-20(13-23-12-17)22(25,21(4)14-24(5)15-21)19-9-7-18(8-10-19)16(2)3/h1,7-13,16,25H,14-15H2,2-5H3. The predicted octanol–water partition coefficient (Wildman–Crippen LogP) is 3.37. The molecule has 3 rings (SSSR count). The number of rotatable bonds is 4. The van der Waals surface area contributed by atoms with Crippen LogP contribution in [0.15, 0.2) is 42.7 Å². The van der Waals surface area contributed by atoms with Crippen LogP contribution in [0.4, 0.5) is 0 Å². The maximum absolute atomic E-state index is 12.0. The van der Waals surface area contributed by atoms with E-state index < -0.39 is 5.60 Å². The van der Waals surface area contributed by atoms with Crippen molar-refractivity contribution in [3.05, 3.63) is 65.0 Å². The maximum atomic E-state index is 12.0. The molecule has 3 heteroatoms. The minimum atomic E-state index is -1.13. The fourth-order valence-corrected chi connectivity index (χ4v) is 4.06. The van der Waals surface area contributed by atoms with Crippen LogP contribution in [-0.4, -0.2) is 35.1 Å². The first-order valence-corrected chi connectivity index (χ1v) is 8.73. The number of pyridine rings is 1. The average molecular weight is 334 g/mol. The van der Waals surface area contributed by atoms with Crippen LogP contribution in [0, 0.1) is 17.8 Å². The van der Waals surface area contributed by atoms with Crippen LogP contribution in [0.1, 0.15) is 48.9 Å². The number of aliphatic hydroxyl groups is 1. The predicted molar refractivity (Wildman–Crippen MR) is 101 cm³/mol. The number of aromatic nitrogens is 1. The smallest absolute Gasteiger partial charge is 0.124 e. The molecule has 1 saturated heterocycles. The van der Waals surface area contributed by atoms with Crippen molar-refractivity contribution in [3.8, 4) is 12.3 Å². The third-order valence-corrected chi connectivity index (χ3v) is 5.43. The fourth-order valence-electron chi connectivity index (χ4n) is 4.06. The number of benzene rings is 1. The molecule has 3 nitrogen and oxygen atoms in total. The fraction of sp³-hybridized carbons (Fsp3) is 0.409. The van der Waals surface area contributed by atoms with E-state index in [1.165, 1.54) is 5.56 Å². The zero-order valence-electron chi connectivity index (χ0n) is 15.5. The molecule has 1 N–H and O–H groups in total. The van der Waals surface area contributed by atoms with Gasteiger partial charge in [0.1, 0.15) is 5.60 Å². The number of likely N-dealkylation sites (tertiary alicyclic amines) is 1. The van der Waals surface area contributed by atoms with Crippen molar-refractivity contribution < 1.29 is 5.11 Å². The molecule has 130 valence electrons. The molecule has 2 heterocycles. The van der Waals surface area contributed by atoms with Gasteiger partial charge < -0.3 is 10.0 Å². The molecule has 0 amide bonds. The quantitative estimate of drug-likeness (QED) is 0.871. The minimum Gasteiger partial charge on any atom is -0.380 e. The van der Waals surface area contributed by atoms with Crippen molar-refractivity contribution >= 4 is 0 Å². The molecule has 25 heavy (non-hydrogen) atoms. The van der Waals surface area contributed by atoms with Gasteiger partial charge in [-0.2, -0.15) is 0 Å². The van der Waals surface area contributed by atoms with Gasteiger partial charge in [0.2, 0.25) is 0 Å². The first-order valence-electron chi connectivity index (χ1n) is 8.73. The van der Waals surface area contributed by atoms with E-state index in [1.807, 2.05) is 18.2 Å². The van der Waals surface area contributed by atoms with E-state index in [4.69, 9.17) is 6.42 Å². The first kappa shape index (κ1) is 17.7. The highest BCUT2D eigenvalue weighted by molar-refractivity contribution is 5.44. The topological polar surface area (TPSA) is 36.4 Å². The SMILES string of the molecule is C#Cc1cncc(C(O)(c2ccc(C(C)C)cc2)C2(C)CN(C)C2)c1. The van der Waals surface area contributed by atoms with Gasteiger partial charge >= 0.3 is 0 Å². The molecular formula is C22H26N2O. The summed E-state index contributed by atoms with van der Waals surface area (Å²) in [6.07, 6.45) is 8.94. The molecule has 1 unspecified atom stereocenters. The summed E-state index contributed by atoms with van der Waals surface area (Å²) in [7, 11) is 2.07. The lowest BCUT2D eigenvalue weighted by molar-refractivity contribution is -0.127. The summed E-state index contributed by atoms with van der Waals surface area (Å²) < 4.78 is 0. The van der Waals surface area contributed by atoms with Gasteiger partial charge in [-0.3, -0.25) is 4.98 Å². The molecule has 1 aliphatic heterocycles. The Morgan fingerprint density at radius 1 is 1.20 bits per heavy atom. The van der Waals surface area contributed by atoms with Gasteiger partial charge in [0.25, 0.3) is 0 Å². The monoisotopic (exact) mass is 334 g/mol. The Hall–Kier alpha value is -2.15. The Bertz CT molecular complexity index is 798. The van der Waals surface area contributed by atoms with E-state index in [0.717, 1.165) is 24.2 Å². The summed E-state index contributed by atoms with van der Waals surface area (Å²) in [4.78, 5) is 6.48. The second-order valence-electron chi connectivity index (χ2n) is 7.83. The Morgan fingerprint density at radius 3 is 2.36 bits per heavy atom. The zero-order chi connectivity index (χ0) is 18.2. The van der Waals surface area contributed by atoms with Crippen molar-refractivity contribution in [2.24, 2.45) is 5.41 Å². The largest absolute Gasteiger partial charge is 0.380 e. The van der Waals surface area contributed by atoms with Crippen molar-refractivity contribution in [2.75, 3.05) is 20.1 Å². The summed E-state index contributed by atoms with van der Waals surface area (Å²) in [6, 6.07) is 10.2. The van der Waals surface area contributed by atoms with Crippen molar-refractivity contribution in [2.45, 2.75) is 32.3 Å². The first-order chi connectivity index (χ1) is 11.8. The van der Waals surface area contributed by atoms with Gasteiger partial charge in [-0.15, -0.1) is 6.42 Å². The second-order valence-corrected chi connectivity index (χ2v) is 7.83. The highest BCUT2D eigenvalue weighted by atomic mass is 16.3. The van der Waals surface area contributed by atoms with Crippen LogP contribution in [-0.2, 0) is 5.60 Å². The molecule has 2 aromatic rings. The number of hydrogen-bond donors (Lipinski definition) is 1. The van der Waals surface area contributed by atoms with Crippen LogP contribution in [0.2, 0.25) is 0 Å². The van der Waals surface area contributed by atoms with Crippen LogP contribution in [0.3, 0.4) is 0 Å². The molecular weight excluding hydrogens is 308 g/mol. The maximum Gasteiger partial charge on any atom is 0.124 e. The van der Waals surface area contributed by atoms with E-state index in [-0.39, 0.29) is 5.41 Å². The van der Waals surface area contributed by atoms with Crippen LogP contribution >= 0.6 is 0 Å². The Labute approximate surface area is 150 Å². The summed E-state index contributed by atoms with van der Waals surface area (Å²) in [5.74, 6) is 3.08.